The van der Waals surface area contributed by atoms with E-state index in [4.69, 9.17) is 11.1 Å². The molecule has 8 heteroatoms. The lowest BCUT2D eigenvalue weighted by atomic mass is 10.2. The Hall–Kier alpha value is -2.30. The van der Waals surface area contributed by atoms with Gasteiger partial charge in [0, 0.05) is 21.8 Å². The highest BCUT2D eigenvalue weighted by atomic mass is 16.2. The number of nitrogens with zero attached hydrogens (tertiary/aromatic N) is 6. The number of carbonyl (C=O) groups excluding carboxylic acids is 2. The molecule has 0 rings (SSSR count). The van der Waals surface area contributed by atoms with E-state index < -0.39 is 18.2 Å². The topological polar surface area (TPSA) is 132 Å². The maximum Gasteiger partial charge on any atom is 0.245 e. The van der Waals surface area contributed by atoms with Gasteiger partial charge in [-0.2, -0.15) is 0 Å². The molecule has 0 aromatic carbocycles. The molecule has 2 amide bonds. The quantitative estimate of drug-likeness (QED) is 0.282. The molecule has 0 aliphatic heterocycles. The minimum absolute atomic E-state index is 0.213. The van der Waals surface area contributed by atoms with Crippen molar-refractivity contribution in [2.24, 2.45) is 10.2 Å². The molecule has 0 radical (unpaired) electrons. The number of rotatable bonds is 3. The van der Waals surface area contributed by atoms with E-state index in [9.17, 15) is 9.59 Å². The van der Waals surface area contributed by atoms with Crippen molar-refractivity contribution in [3.8, 4) is 0 Å². The summed E-state index contributed by atoms with van der Waals surface area (Å²) in [6.45, 7) is 3.18. The molecule has 0 N–H and O–H groups in total. The fourth-order valence-corrected chi connectivity index (χ4v) is 0.455. The van der Waals surface area contributed by atoms with Crippen molar-refractivity contribution in [1.82, 2.24) is 0 Å². The smallest absolute Gasteiger partial charge is 0.245 e. The van der Waals surface area contributed by atoms with Crippen LogP contribution in [0.4, 0.5) is 0 Å². The number of carbonyl (C=O) groups is 2. The fourth-order valence-electron chi connectivity index (χ4n) is 0.455. The summed E-state index contributed by atoms with van der Waals surface area (Å²) in [5.41, 5.74) is 15.5. The molecule has 0 saturated heterocycles. The largest absolute Gasteiger partial charge is 0.292 e. The molecule has 0 atom stereocenters. The Balaban J connectivity index is 4.31. The molecule has 0 spiro atoms. The van der Waals surface area contributed by atoms with Gasteiger partial charge in [0.05, 0.1) is 0 Å². The van der Waals surface area contributed by atoms with E-state index in [1.54, 1.807) is 0 Å². The van der Waals surface area contributed by atoms with E-state index in [0.717, 1.165) is 0 Å². The third-order valence-corrected chi connectivity index (χ3v) is 0.959. The molecule has 8 nitrogen and oxygen atoms in total. The van der Waals surface area contributed by atoms with E-state index in [2.05, 4.69) is 26.6 Å². The van der Waals surface area contributed by atoms with Crippen LogP contribution in [0.15, 0.2) is 22.4 Å². The fraction of sp³-hybridized carbons (Fsp3) is 0.200. The minimum Gasteiger partial charge on any atom is -0.292 e. The number of amides is 2. The Morgan fingerprint density at radius 3 is 2.23 bits per heavy atom. The molecule has 0 saturated carbocycles. The van der Waals surface area contributed by atoms with Crippen molar-refractivity contribution >= 4 is 11.8 Å². The van der Waals surface area contributed by atoms with Crippen LogP contribution < -0.4 is 0 Å². The number of hydrogen-bond acceptors (Lipinski definition) is 2. The second-order valence-electron chi connectivity index (χ2n) is 1.86. The Morgan fingerprint density at radius 2 is 1.77 bits per heavy atom. The van der Waals surface area contributed by atoms with Crippen molar-refractivity contribution in [2.45, 2.75) is 6.42 Å². The molecule has 0 heterocycles. The molecule has 66 valence electrons. The molecule has 0 aliphatic rings. The predicted molar refractivity (Wildman–Crippen MR) is 42.1 cm³/mol. The molecule has 0 unspecified atom stereocenters. The van der Waals surface area contributed by atoms with Crippen molar-refractivity contribution in [2.75, 3.05) is 0 Å². The first-order valence-corrected chi connectivity index (χ1v) is 2.97. The zero-order valence-corrected chi connectivity index (χ0v) is 6.41. The van der Waals surface area contributed by atoms with Gasteiger partial charge in [-0.3, -0.25) is 9.59 Å². The van der Waals surface area contributed by atoms with E-state index in [1.807, 2.05) is 0 Å². The molecule has 0 fully saturated rings. The van der Waals surface area contributed by atoms with Crippen LogP contribution in [0.2, 0.25) is 0 Å². The van der Waals surface area contributed by atoms with E-state index in [0.29, 0.717) is 0 Å². The average molecular weight is 180 g/mol. The second kappa shape index (κ2) is 5.36. The van der Waals surface area contributed by atoms with Gasteiger partial charge in [-0.25, -0.2) is 0 Å². The Labute approximate surface area is 72.1 Å². The Morgan fingerprint density at radius 1 is 1.23 bits per heavy atom. The summed E-state index contributed by atoms with van der Waals surface area (Å²) in [5.74, 6) is -1.79. The lowest BCUT2D eigenvalue weighted by Gasteiger charge is -1.93. The van der Waals surface area contributed by atoms with Gasteiger partial charge < -0.3 is 0 Å². The standard InChI is InChI=1S/C5H4N6O2/c1-3(5(13)9-11-7)2-4(12)8-10-6/h1-2H2. The van der Waals surface area contributed by atoms with Gasteiger partial charge in [0.25, 0.3) is 0 Å². The minimum atomic E-state index is -0.941. The van der Waals surface area contributed by atoms with Crippen LogP contribution in [-0.2, 0) is 9.59 Å². The van der Waals surface area contributed by atoms with Gasteiger partial charge in [-0.1, -0.05) is 6.58 Å². The van der Waals surface area contributed by atoms with Crippen LogP contribution in [0.3, 0.4) is 0 Å². The van der Waals surface area contributed by atoms with E-state index in [-0.39, 0.29) is 5.57 Å². The van der Waals surface area contributed by atoms with Crippen LogP contribution in [0, 0.1) is 0 Å². The van der Waals surface area contributed by atoms with Crippen LogP contribution in [-0.4, -0.2) is 11.8 Å². The molecule has 0 aliphatic carbocycles. The van der Waals surface area contributed by atoms with Gasteiger partial charge in [-0.15, -0.1) is 0 Å². The maximum atomic E-state index is 10.7. The predicted octanol–water partition coefficient (Wildman–Crippen LogP) is 1.61. The van der Waals surface area contributed by atoms with Crippen LogP contribution in [0.25, 0.3) is 20.9 Å². The van der Waals surface area contributed by atoms with Crippen molar-refractivity contribution < 1.29 is 9.59 Å². The van der Waals surface area contributed by atoms with Gasteiger partial charge in [0.1, 0.15) is 0 Å². The third-order valence-electron chi connectivity index (χ3n) is 0.959. The zero-order chi connectivity index (χ0) is 10.3. The highest BCUT2D eigenvalue weighted by Gasteiger charge is 2.08. The monoisotopic (exact) mass is 180 g/mol. The molecule has 0 bridgehead atoms. The maximum absolute atomic E-state index is 10.7. The normalized spacial score (nSPS) is 7.69. The summed E-state index contributed by atoms with van der Waals surface area (Å²) in [5, 5.41) is 5.39. The summed E-state index contributed by atoms with van der Waals surface area (Å²) in [7, 11) is 0. The second-order valence-corrected chi connectivity index (χ2v) is 1.86. The van der Waals surface area contributed by atoms with Gasteiger partial charge in [-0.05, 0) is 21.3 Å². The number of azide groups is 2. The molecule has 0 aromatic rings. The molecular formula is C5H4N6O2. The first kappa shape index (κ1) is 10.7. The van der Waals surface area contributed by atoms with E-state index in [1.165, 1.54) is 0 Å². The van der Waals surface area contributed by atoms with Crippen molar-refractivity contribution in [1.29, 1.82) is 0 Å². The van der Waals surface area contributed by atoms with Crippen LogP contribution in [0.5, 0.6) is 0 Å². The van der Waals surface area contributed by atoms with Crippen molar-refractivity contribution in [3.05, 3.63) is 33.0 Å². The van der Waals surface area contributed by atoms with Crippen molar-refractivity contribution in [3.63, 3.8) is 0 Å². The summed E-state index contributed by atoms with van der Waals surface area (Å²) < 4.78 is 0. The highest BCUT2D eigenvalue weighted by molar-refractivity contribution is 5.98. The SMILES string of the molecule is C=C(CC(=O)N=[N+]=[N-])C(=O)N=[N+]=[N-]. The highest BCUT2D eigenvalue weighted by Crippen LogP contribution is 2.02. The van der Waals surface area contributed by atoms with Gasteiger partial charge in [0.15, 0.2) is 0 Å². The third kappa shape index (κ3) is 4.20. The Kier molecular flexibility index (Phi) is 4.41. The lowest BCUT2D eigenvalue weighted by molar-refractivity contribution is -0.120. The molecule has 0 aromatic heterocycles. The summed E-state index contributed by atoms with van der Waals surface area (Å²) in [6.07, 6.45) is -0.443. The average Bonchev–Trinajstić information content (AvgIpc) is 2.05. The van der Waals surface area contributed by atoms with Gasteiger partial charge >= 0.3 is 0 Å². The van der Waals surface area contributed by atoms with Crippen LogP contribution in [0.1, 0.15) is 6.42 Å². The first-order chi connectivity index (χ1) is 6.11. The van der Waals surface area contributed by atoms with Crippen LogP contribution >= 0.6 is 0 Å². The molecular weight excluding hydrogens is 176 g/mol. The zero-order valence-electron chi connectivity index (χ0n) is 6.41. The number of hydrogen-bond donors (Lipinski definition) is 0. The first-order valence-electron chi connectivity index (χ1n) is 2.97. The van der Waals surface area contributed by atoms with E-state index >= 15 is 0 Å². The summed E-state index contributed by atoms with van der Waals surface area (Å²) in [6, 6.07) is 0. The van der Waals surface area contributed by atoms with Gasteiger partial charge in [0.2, 0.25) is 11.8 Å². The molecule has 13 heavy (non-hydrogen) atoms. The Bertz CT molecular complexity index is 346. The summed E-state index contributed by atoms with van der Waals surface area (Å²) in [4.78, 5) is 25.7. The lowest BCUT2D eigenvalue weighted by Crippen LogP contribution is -2.01. The summed E-state index contributed by atoms with van der Waals surface area (Å²) >= 11 is 0.